The van der Waals surface area contributed by atoms with E-state index in [-0.39, 0.29) is 11.3 Å². The summed E-state index contributed by atoms with van der Waals surface area (Å²) >= 11 is 3.22. The molecule has 1 aromatic rings. The third kappa shape index (κ3) is 3.20. The van der Waals surface area contributed by atoms with Crippen LogP contribution in [0.15, 0.2) is 22.7 Å². The molecule has 0 heterocycles. The molecule has 0 radical (unpaired) electrons. The summed E-state index contributed by atoms with van der Waals surface area (Å²) < 4.78 is 0.754. The van der Waals surface area contributed by atoms with Crippen LogP contribution in [-0.4, -0.2) is 22.5 Å². The van der Waals surface area contributed by atoms with Crippen LogP contribution in [0.1, 0.15) is 24.2 Å². The number of amides is 1. The fraction of sp³-hybridized carbons (Fsp3) is 0.273. The number of nitrogens with two attached hydrogens (primary N) is 1. The normalized spacial score (nSPS) is 11.0. The van der Waals surface area contributed by atoms with Gasteiger partial charge in [-0.3, -0.25) is 4.79 Å². The van der Waals surface area contributed by atoms with E-state index in [1.165, 1.54) is 19.9 Å². The molecule has 92 valence electrons. The summed E-state index contributed by atoms with van der Waals surface area (Å²) in [5.41, 5.74) is 4.88. The Morgan fingerprint density at radius 2 is 2.00 bits per heavy atom. The first-order valence-corrected chi connectivity index (χ1v) is 5.64. The lowest BCUT2D eigenvalue weighted by Crippen LogP contribution is -2.49. The van der Waals surface area contributed by atoms with Gasteiger partial charge in [0.1, 0.15) is 5.54 Å². The molecule has 0 unspecified atom stereocenters. The van der Waals surface area contributed by atoms with Crippen LogP contribution >= 0.6 is 15.9 Å². The molecule has 0 aliphatic rings. The minimum absolute atomic E-state index is 0.252. The second kappa shape index (κ2) is 4.75. The zero-order chi connectivity index (χ0) is 13.2. The highest BCUT2D eigenvalue weighted by atomic mass is 79.9. The second-order valence-electron chi connectivity index (χ2n) is 4.12. The van der Waals surface area contributed by atoms with Crippen molar-refractivity contribution in [2.45, 2.75) is 19.4 Å². The smallest absolute Gasteiger partial charge is 0.328 e. The molecule has 0 fully saturated rings. The van der Waals surface area contributed by atoms with Gasteiger partial charge in [-0.15, -0.1) is 0 Å². The molecule has 0 saturated heterocycles. The molecule has 0 aliphatic heterocycles. The number of halogens is 1. The van der Waals surface area contributed by atoms with Gasteiger partial charge in [0.05, 0.1) is 5.56 Å². The Balaban J connectivity index is 2.95. The van der Waals surface area contributed by atoms with E-state index >= 15 is 0 Å². The third-order valence-electron chi connectivity index (χ3n) is 2.22. The number of anilines is 1. The molecule has 0 aromatic heterocycles. The monoisotopic (exact) mass is 300 g/mol. The number of aliphatic carboxylic acids is 1. The summed E-state index contributed by atoms with van der Waals surface area (Å²) in [4.78, 5) is 22.7. The highest BCUT2D eigenvalue weighted by Gasteiger charge is 2.29. The Hall–Kier alpha value is -1.56. The molecule has 0 spiro atoms. The number of rotatable bonds is 3. The average Bonchev–Trinajstić information content (AvgIpc) is 2.15. The van der Waals surface area contributed by atoms with Crippen molar-refractivity contribution in [2.75, 3.05) is 5.73 Å². The van der Waals surface area contributed by atoms with Crippen molar-refractivity contribution in [1.29, 1.82) is 0 Å². The van der Waals surface area contributed by atoms with Crippen LogP contribution in [-0.2, 0) is 4.79 Å². The summed E-state index contributed by atoms with van der Waals surface area (Å²) in [5, 5.41) is 11.3. The van der Waals surface area contributed by atoms with Crippen LogP contribution in [0.2, 0.25) is 0 Å². The number of benzene rings is 1. The highest BCUT2D eigenvalue weighted by molar-refractivity contribution is 9.10. The Morgan fingerprint density at radius 3 is 2.47 bits per heavy atom. The summed E-state index contributed by atoms with van der Waals surface area (Å²) in [6.07, 6.45) is 0. The quantitative estimate of drug-likeness (QED) is 0.740. The Bertz CT molecular complexity index is 472. The van der Waals surface area contributed by atoms with Crippen molar-refractivity contribution < 1.29 is 14.7 Å². The Labute approximate surface area is 107 Å². The molecule has 4 N–H and O–H groups in total. The first kappa shape index (κ1) is 13.5. The van der Waals surface area contributed by atoms with Crippen LogP contribution in [0.25, 0.3) is 0 Å². The zero-order valence-corrected chi connectivity index (χ0v) is 11.0. The minimum atomic E-state index is -1.34. The van der Waals surface area contributed by atoms with E-state index in [2.05, 4.69) is 21.2 Å². The van der Waals surface area contributed by atoms with Crippen molar-refractivity contribution in [1.82, 2.24) is 5.32 Å². The van der Waals surface area contributed by atoms with Gasteiger partial charge in [0.25, 0.3) is 5.91 Å². The SMILES string of the molecule is CC(C)(NC(=O)c1ccc(Br)cc1N)C(=O)O. The van der Waals surface area contributed by atoms with E-state index in [1.807, 2.05) is 0 Å². The fourth-order valence-electron chi connectivity index (χ4n) is 1.14. The van der Waals surface area contributed by atoms with Gasteiger partial charge in [0.15, 0.2) is 0 Å². The van der Waals surface area contributed by atoms with Crippen LogP contribution in [0.4, 0.5) is 5.69 Å². The molecule has 1 aromatic carbocycles. The predicted molar refractivity (Wildman–Crippen MR) is 67.7 cm³/mol. The van der Waals surface area contributed by atoms with Gasteiger partial charge >= 0.3 is 5.97 Å². The molecule has 5 nitrogen and oxygen atoms in total. The second-order valence-corrected chi connectivity index (χ2v) is 5.03. The number of carbonyl (C=O) groups is 2. The highest BCUT2D eigenvalue weighted by Crippen LogP contribution is 2.19. The largest absolute Gasteiger partial charge is 0.480 e. The van der Waals surface area contributed by atoms with Crippen molar-refractivity contribution in [2.24, 2.45) is 0 Å². The number of nitrogen functional groups attached to an aromatic ring is 1. The van der Waals surface area contributed by atoms with Gasteiger partial charge in [-0.2, -0.15) is 0 Å². The first-order valence-electron chi connectivity index (χ1n) is 4.85. The maximum atomic E-state index is 11.8. The van der Waals surface area contributed by atoms with Crippen molar-refractivity contribution in [3.8, 4) is 0 Å². The van der Waals surface area contributed by atoms with Crippen LogP contribution in [0.3, 0.4) is 0 Å². The number of carboxylic acid groups (broad SMARTS) is 1. The van der Waals surface area contributed by atoms with E-state index < -0.39 is 17.4 Å². The number of hydrogen-bond donors (Lipinski definition) is 3. The van der Waals surface area contributed by atoms with E-state index in [4.69, 9.17) is 10.8 Å². The number of hydrogen-bond acceptors (Lipinski definition) is 3. The standard InChI is InChI=1S/C11H13BrN2O3/c1-11(2,10(16)17)14-9(15)7-4-3-6(12)5-8(7)13/h3-5H,13H2,1-2H3,(H,14,15)(H,16,17). The van der Waals surface area contributed by atoms with Gasteiger partial charge in [-0.05, 0) is 32.0 Å². The van der Waals surface area contributed by atoms with Crippen molar-refractivity contribution in [3.63, 3.8) is 0 Å². The van der Waals surface area contributed by atoms with Gasteiger partial charge in [0, 0.05) is 10.2 Å². The van der Waals surface area contributed by atoms with Gasteiger partial charge in [0.2, 0.25) is 0 Å². The Kier molecular flexibility index (Phi) is 3.77. The number of carboxylic acids is 1. The van der Waals surface area contributed by atoms with Crippen molar-refractivity contribution >= 4 is 33.5 Å². The topological polar surface area (TPSA) is 92.4 Å². The van der Waals surface area contributed by atoms with Crippen molar-refractivity contribution in [3.05, 3.63) is 28.2 Å². The first-order chi connectivity index (χ1) is 7.74. The van der Waals surface area contributed by atoms with Crippen LogP contribution in [0, 0.1) is 0 Å². The summed E-state index contributed by atoms with van der Waals surface area (Å²) in [6, 6.07) is 4.79. The molecular formula is C11H13BrN2O3. The molecule has 0 bridgehead atoms. The van der Waals surface area contributed by atoms with E-state index in [0.29, 0.717) is 0 Å². The number of carbonyl (C=O) groups excluding carboxylic acids is 1. The lowest BCUT2D eigenvalue weighted by molar-refractivity contribution is -0.143. The molecule has 17 heavy (non-hydrogen) atoms. The lowest BCUT2D eigenvalue weighted by Gasteiger charge is -2.21. The van der Waals surface area contributed by atoms with Crippen LogP contribution < -0.4 is 11.1 Å². The minimum Gasteiger partial charge on any atom is -0.480 e. The van der Waals surface area contributed by atoms with E-state index in [0.717, 1.165) is 4.47 Å². The molecule has 1 rings (SSSR count). The van der Waals surface area contributed by atoms with Crippen LogP contribution in [0.5, 0.6) is 0 Å². The van der Waals surface area contributed by atoms with Gasteiger partial charge in [-0.1, -0.05) is 15.9 Å². The molecule has 6 heteroatoms. The molecule has 0 atom stereocenters. The molecular weight excluding hydrogens is 288 g/mol. The summed E-state index contributed by atoms with van der Waals surface area (Å²) in [5.74, 6) is -1.62. The number of nitrogens with one attached hydrogen (secondary N) is 1. The maximum Gasteiger partial charge on any atom is 0.328 e. The predicted octanol–water partition coefficient (Wildman–Crippen LogP) is 1.62. The van der Waals surface area contributed by atoms with Gasteiger partial charge in [-0.25, -0.2) is 4.79 Å². The van der Waals surface area contributed by atoms with Gasteiger partial charge < -0.3 is 16.2 Å². The lowest BCUT2D eigenvalue weighted by atomic mass is 10.0. The molecule has 1 amide bonds. The Morgan fingerprint density at radius 1 is 1.41 bits per heavy atom. The fourth-order valence-corrected chi connectivity index (χ4v) is 1.52. The maximum absolute atomic E-state index is 11.8. The molecule has 0 saturated carbocycles. The van der Waals surface area contributed by atoms with E-state index in [1.54, 1.807) is 12.1 Å². The molecule has 0 aliphatic carbocycles. The third-order valence-corrected chi connectivity index (χ3v) is 2.71. The summed E-state index contributed by atoms with van der Waals surface area (Å²) in [7, 11) is 0. The van der Waals surface area contributed by atoms with E-state index in [9.17, 15) is 9.59 Å². The average molecular weight is 301 g/mol. The summed E-state index contributed by atoms with van der Waals surface area (Å²) in [6.45, 7) is 2.81. The zero-order valence-electron chi connectivity index (χ0n) is 9.45.